The Morgan fingerprint density at radius 3 is 1.83 bits per heavy atom. The van der Waals surface area contributed by atoms with E-state index >= 15 is 0 Å². The van der Waals surface area contributed by atoms with Gasteiger partial charge in [0.2, 0.25) is 0 Å². The SMILES string of the molecule is C1=CCCC=1.[Pd]. The molecule has 6 heavy (non-hydrogen) atoms. The van der Waals surface area contributed by atoms with Crippen LogP contribution in [-0.4, -0.2) is 0 Å². The van der Waals surface area contributed by atoms with E-state index in [9.17, 15) is 0 Å². The van der Waals surface area contributed by atoms with Crippen molar-refractivity contribution in [2.24, 2.45) is 0 Å². The van der Waals surface area contributed by atoms with Crippen LogP contribution in [0.2, 0.25) is 0 Å². The molecule has 1 rings (SSSR count). The predicted molar refractivity (Wildman–Crippen MR) is 21.9 cm³/mol. The molecule has 0 amide bonds. The fourth-order valence-corrected chi connectivity index (χ4v) is 0.417. The first-order valence-electron chi connectivity index (χ1n) is 1.89. The molecule has 1 aliphatic rings. The summed E-state index contributed by atoms with van der Waals surface area (Å²) in [7, 11) is 0. The third-order valence-corrected chi connectivity index (χ3v) is 0.691. The summed E-state index contributed by atoms with van der Waals surface area (Å²) in [5, 5.41) is 0. The molecular weight excluding hydrogens is 166 g/mol. The van der Waals surface area contributed by atoms with Gasteiger partial charge in [0.25, 0.3) is 0 Å². The van der Waals surface area contributed by atoms with Crippen molar-refractivity contribution in [1.82, 2.24) is 0 Å². The van der Waals surface area contributed by atoms with Crippen molar-refractivity contribution < 1.29 is 20.4 Å². The van der Waals surface area contributed by atoms with Crippen LogP contribution in [0.25, 0.3) is 0 Å². The molecule has 1 heteroatoms. The van der Waals surface area contributed by atoms with Crippen molar-refractivity contribution in [3.63, 3.8) is 0 Å². The van der Waals surface area contributed by atoms with Gasteiger partial charge in [0.15, 0.2) is 0 Å². The smallest absolute Gasteiger partial charge is 0 e. The largest absolute Gasteiger partial charge is 0.130 e. The standard InChI is InChI=1S/C5H6.Pd/c1-2-4-5-3-1;/h1,5H,2,4H2;. The van der Waals surface area contributed by atoms with Gasteiger partial charge in [-0.1, -0.05) is 0 Å². The number of rotatable bonds is 0. The molecule has 1 aliphatic carbocycles. The second-order valence-corrected chi connectivity index (χ2v) is 1.15. The minimum Gasteiger partial charge on any atom is -0.130 e. The van der Waals surface area contributed by atoms with E-state index in [0.29, 0.717) is 0 Å². The summed E-state index contributed by atoms with van der Waals surface area (Å²) in [5.74, 6) is 0. The molecular formula is C5H6Pd. The van der Waals surface area contributed by atoms with Gasteiger partial charge in [0.05, 0.1) is 0 Å². The molecule has 0 saturated carbocycles. The average molecular weight is 173 g/mol. The molecule has 0 bridgehead atoms. The zero-order valence-corrected chi connectivity index (χ0v) is 4.94. The summed E-state index contributed by atoms with van der Waals surface area (Å²) in [5.41, 5.74) is 2.97. The summed E-state index contributed by atoms with van der Waals surface area (Å²) in [6.45, 7) is 0. The van der Waals surface area contributed by atoms with Crippen LogP contribution in [0.3, 0.4) is 0 Å². The fourth-order valence-electron chi connectivity index (χ4n) is 0.417. The van der Waals surface area contributed by atoms with Crippen molar-refractivity contribution >= 4 is 0 Å². The molecule has 36 valence electrons. The van der Waals surface area contributed by atoms with Crippen LogP contribution in [0.4, 0.5) is 0 Å². The van der Waals surface area contributed by atoms with Crippen LogP contribution in [0, 0.1) is 0 Å². The first kappa shape index (κ1) is 6.18. The predicted octanol–water partition coefficient (Wildman–Crippen LogP) is 1.49. The van der Waals surface area contributed by atoms with Crippen molar-refractivity contribution in [3.05, 3.63) is 17.9 Å². The Labute approximate surface area is 51.6 Å². The van der Waals surface area contributed by atoms with Crippen LogP contribution in [0.15, 0.2) is 17.9 Å². The Hall–Kier alpha value is 0.182. The zero-order valence-electron chi connectivity index (χ0n) is 3.39. The number of hydrogen-bond donors (Lipinski definition) is 0. The Bertz CT molecular complexity index is 69.9. The molecule has 0 heterocycles. The van der Waals surface area contributed by atoms with Gasteiger partial charge in [-0.05, 0) is 25.0 Å². The van der Waals surface area contributed by atoms with Gasteiger partial charge in [0.1, 0.15) is 0 Å². The van der Waals surface area contributed by atoms with Crippen molar-refractivity contribution in [3.8, 4) is 0 Å². The maximum absolute atomic E-state index is 2.97. The van der Waals surface area contributed by atoms with E-state index in [-0.39, 0.29) is 20.4 Å². The van der Waals surface area contributed by atoms with Crippen LogP contribution >= 0.6 is 0 Å². The van der Waals surface area contributed by atoms with Gasteiger partial charge in [0, 0.05) is 20.4 Å². The van der Waals surface area contributed by atoms with E-state index in [1.807, 2.05) is 0 Å². The van der Waals surface area contributed by atoms with Crippen LogP contribution in [0.5, 0.6) is 0 Å². The molecule has 0 spiro atoms. The molecule has 0 unspecified atom stereocenters. The van der Waals surface area contributed by atoms with E-state index in [1.54, 1.807) is 0 Å². The summed E-state index contributed by atoms with van der Waals surface area (Å²) in [4.78, 5) is 0. The minimum absolute atomic E-state index is 0. The van der Waals surface area contributed by atoms with Crippen LogP contribution in [-0.2, 0) is 20.4 Å². The summed E-state index contributed by atoms with van der Waals surface area (Å²) < 4.78 is 0. The molecule has 0 aromatic heterocycles. The van der Waals surface area contributed by atoms with Gasteiger partial charge in [-0.25, -0.2) is 0 Å². The molecule has 0 aromatic rings. The Morgan fingerprint density at radius 1 is 1.17 bits per heavy atom. The molecule has 0 aliphatic heterocycles. The Balaban J connectivity index is 0.000000250. The molecule has 0 aromatic carbocycles. The molecule has 0 saturated heterocycles. The zero-order chi connectivity index (χ0) is 3.54. The number of hydrogen-bond acceptors (Lipinski definition) is 0. The van der Waals surface area contributed by atoms with Crippen molar-refractivity contribution in [1.29, 1.82) is 0 Å². The normalized spacial score (nSPS) is 14.7. The minimum atomic E-state index is 0. The third-order valence-electron chi connectivity index (χ3n) is 0.691. The fraction of sp³-hybridized carbons (Fsp3) is 0.400. The average Bonchev–Trinajstić information content (AvgIpc) is 1.76. The maximum Gasteiger partial charge on any atom is 0 e. The topological polar surface area (TPSA) is 0 Å². The number of allylic oxidation sites excluding steroid dienone is 1. The Morgan fingerprint density at radius 2 is 1.67 bits per heavy atom. The van der Waals surface area contributed by atoms with E-state index in [2.05, 4.69) is 17.9 Å². The van der Waals surface area contributed by atoms with E-state index in [1.165, 1.54) is 12.8 Å². The van der Waals surface area contributed by atoms with E-state index in [4.69, 9.17) is 0 Å². The molecule has 0 nitrogen and oxygen atoms in total. The van der Waals surface area contributed by atoms with Crippen molar-refractivity contribution in [2.45, 2.75) is 12.8 Å². The van der Waals surface area contributed by atoms with Gasteiger partial charge in [-0.15, -0.1) is 5.73 Å². The first-order chi connectivity index (χ1) is 2.50. The summed E-state index contributed by atoms with van der Waals surface area (Å²) in [6, 6.07) is 0. The van der Waals surface area contributed by atoms with Crippen LogP contribution < -0.4 is 0 Å². The van der Waals surface area contributed by atoms with Gasteiger partial charge < -0.3 is 0 Å². The quantitative estimate of drug-likeness (QED) is 0.384. The monoisotopic (exact) mass is 172 g/mol. The maximum atomic E-state index is 2.97. The van der Waals surface area contributed by atoms with E-state index in [0.717, 1.165) is 0 Å². The van der Waals surface area contributed by atoms with Gasteiger partial charge >= 0.3 is 0 Å². The van der Waals surface area contributed by atoms with Crippen molar-refractivity contribution in [2.75, 3.05) is 0 Å². The van der Waals surface area contributed by atoms with Crippen LogP contribution in [0.1, 0.15) is 12.8 Å². The second kappa shape index (κ2) is 3.38. The second-order valence-electron chi connectivity index (χ2n) is 1.15. The Kier molecular flexibility index (Phi) is 3.48. The third kappa shape index (κ3) is 1.58. The summed E-state index contributed by atoms with van der Waals surface area (Å²) >= 11 is 0. The summed E-state index contributed by atoms with van der Waals surface area (Å²) in [6.07, 6.45) is 6.53. The molecule has 0 N–H and O–H groups in total. The molecule has 0 atom stereocenters. The molecule has 0 fully saturated rings. The van der Waals surface area contributed by atoms with Gasteiger partial charge in [-0.2, -0.15) is 0 Å². The van der Waals surface area contributed by atoms with Gasteiger partial charge in [-0.3, -0.25) is 0 Å². The van der Waals surface area contributed by atoms with E-state index < -0.39 is 0 Å². The first-order valence-corrected chi connectivity index (χ1v) is 1.89. The molecule has 0 radical (unpaired) electrons.